The lowest BCUT2D eigenvalue weighted by molar-refractivity contribution is 0.411. The summed E-state index contributed by atoms with van der Waals surface area (Å²) >= 11 is 0. The number of halogens is 1. The van der Waals surface area contributed by atoms with Crippen LogP contribution in [0.3, 0.4) is 0 Å². The summed E-state index contributed by atoms with van der Waals surface area (Å²) < 4.78 is 0. The monoisotopic (exact) mass is 161 g/mol. The average molecular weight is 162 g/mol. The van der Waals surface area contributed by atoms with Crippen LogP contribution in [0.15, 0.2) is 24.0 Å². The second kappa shape index (κ2) is 3.08. The van der Waals surface area contributed by atoms with E-state index in [4.69, 9.17) is 10.8 Å². The van der Waals surface area contributed by atoms with Gasteiger partial charge in [0.1, 0.15) is 5.76 Å². The molecule has 0 radical (unpaired) electrons. The molecule has 0 spiro atoms. The molecular formula is C7H12ClNO. The largest absolute Gasteiger partial charge is 0.508 e. The van der Waals surface area contributed by atoms with Crippen LogP contribution in [0.1, 0.15) is 13.3 Å². The number of hydrogen-bond acceptors (Lipinski definition) is 2. The van der Waals surface area contributed by atoms with Gasteiger partial charge in [-0.15, -0.1) is 12.4 Å². The summed E-state index contributed by atoms with van der Waals surface area (Å²) in [6.07, 6.45) is 5.99. The minimum atomic E-state index is -0.348. The van der Waals surface area contributed by atoms with Gasteiger partial charge in [0.2, 0.25) is 0 Å². The van der Waals surface area contributed by atoms with Crippen LogP contribution in [0, 0.1) is 0 Å². The fraction of sp³-hybridized carbons (Fsp3) is 0.429. The number of allylic oxidation sites excluding steroid dienone is 1. The highest BCUT2D eigenvalue weighted by molar-refractivity contribution is 5.85. The van der Waals surface area contributed by atoms with Gasteiger partial charge in [-0.05, 0) is 25.5 Å². The molecule has 0 fully saturated rings. The molecule has 0 aromatic carbocycles. The van der Waals surface area contributed by atoms with Crippen LogP contribution in [0.2, 0.25) is 0 Å². The summed E-state index contributed by atoms with van der Waals surface area (Å²) in [5.74, 6) is 0.270. The van der Waals surface area contributed by atoms with Crippen molar-refractivity contribution in [2.75, 3.05) is 0 Å². The van der Waals surface area contributed by atoms with Crippen molar-refractivity contribution in [2.45, 2.75) is 18.9 Å². The van der Waals surface area contributed by atoms with Crippen molar-refractivity contribution in [3.8, 4) is 0 Å². The molecule has 1 rings (SSSR count). The lowest BCUT2D eigenvalue weighted by Gasteiger charge is -2.20. The standard InChI is InChI=1S/C7H11NO.ClH/c1-7(8)4-2-3-6(9)5-7;/h2-3,5,9H,4,8H2,1H3;1H. The Kier molecular flexibility index (Phi) is 2.94. The summed E-state index contributed by atoms with van der Waals surface area (Å²) in [6.45, 7) is 1.88. The van der Waals surface area contributed by atoms with Gasteiger partial charge in [-0.25, -0.2) is 0 Å². The summed E-state index contributed by atoms with van der Waals surface area (Å²) in [6, 6.07) is 0. The molecule has 0 heterocycles. The normalized spacial score (nSPS) is 30.8. The minimum absolute atomic E-state index is 0. The topological polar surface area (TPSA) is 46.2 Å². The Labute approximate surface area is 66.8 Å². The first-order valence-corrected chi connectivity index (χ1v) is 2.97. The van der Waals surface area contributed by atoms with Crippen LogP contribution in [0.25, 0.3) is 0 Å². The van der Waals surface area contributed by atoms with E-state index in [0.717, 1.165) is 6.42 Å². The number of hydrogen-bond donors (Lipinski definition) is 2. The van der Waals surface area contributed by atoms with Crippen molar-refractivity contribution in [3.63, 3.8) is 0 Å². The molecule has 1 atom stereocenters. The van der Waals surface area contributed by atoms with Gasteiger partial charge in [0.15, 0.2) is 0 Å². The first kappa shape index (κ1) is 9.53. The highest BCUT2D eigenvalue weighted by Crippen LogP contribution is 2.15. The highest BCUT2D eigenvalue weighted by atomic mass is 35.5. The molecule has 0 aromatic rings. The van der Waals surface area contributed by atoms with E-state index in [1.54, 1.807) is 12.2 Å². The molecule has 3 heteroatoms. The maximum absolute atomic E-state index is 8.94. The van der Waals surface area contributed by atoms with E-state index in [1.165, 1.54) is 0 Å². The van der Waals surface area contributed by atoms with Crippen molar-refractivity contribution < 1.29 is 5.11 Å². The summed E-state index contributed by atoms with van der Waals surface area (Å²) in [4.78, 5) is 0. The third-order valence-electron chi connectivity index (χ3n) is 1.32. The second-order valence-electron chi connectivity index (χ2n) is 2.68. The Hall–Kier alpha value is -0.470. The Bertz CT molecular complexity index is 172. The molecule has 1 aliphatic carbocycles. The highest BCUT2D eigenvalue weighted by Gasteiger charge is 2.16. The maximum Gasteiger partial charge on any atom is 0.113 e. The van der Waals surface area contributed by atoms with Gasteiger partial charge in [-0.3, -0.25) is 0 Å². The first-order valence-electron chi connectivity index (χ1n) is 2.97. The van der Waals surface area contributed by atoms with E-state index in [0.29, 0.717) is 0 Å². The SMILES string of the molecule is CC1(N)C=C(O)C=CC1.Cl. The van der Waals surface area contributed by atoms with E-state index in [1.807, 2.05) is 13.0 Å². The van der Waals surface area contributed by atoms with Crippen molar-refractivity contribution in [1.29, 1.82) is 0 Å². The molecule has 10 heavy (non-hydrogen) atoms. The molecule has 1 aliphatic rings. The summed E-state index contributed by atoms with van der Waals surface area (Å²) in [7, 11) is 0. The fourth-order valence-corrected chi connectivity index (χ4v) is 0.878. The predicted molar refractivity (Wildman–Crippen MR) is 44.3 cm³/mol. The molecule has 2 nitrogen and oxygen atoms in total. The number of aliphatic hydroxyl groups is 1. The molecule has 0 amide bonds. The molecule has 0 aromatic heterocycles. The third kappa shape index (κ3) is 2.42. The van der Waals surface area contributed by atoms with Crippen LogP contribution >= 0.6 is 12.4 Å². The van der Waals surface area contributed by atoms with Crippen molar-refractivity contribution >= 4 is 12.4 Å². The van der Waals surface area contributed by atoms with Crippen LogP contribution in [0.5, 0.6) is 0 Å². The van der Waals surface area contributed by atoms with Gasteiger partial charge >= 0.3 is 0 Å². The lowest BCUT2D eigenvalue weighted by Crippen LogP contribution is -2.34. The zero-order chi connectivity index (χ0) is 6.91. The van der Waals surface area contributed by atoms with Crippen LogP contribution in [-0.4, -0.2) is 10.6 Å². The number of aliphatic hydroxyl groups excluding tert-OH is 1. The molecule has 1 unspecified atom stereocenters. The quantitative estimate of drug-likeness (QED) is 0.566. The smallest absolute Gasteiger partial charge is 0.113 e. The molecule has 0 saturated carbocycles. The summed E-state index contributed by atoms with van der Waals surface area (Å²) in [5, 5.41) is 8.94. The van der Waals surface area contributed by atoms with E-state index in [2.05, 4.69) is 0 Å². The van der Waals surface area contributed by atoms with Crippen LogP contribution in [-0.2, 0) is 0 Å². The zero-order valence-electron chi connectivity index (χ0n) is 5.87. The predicted octanol–water partition coefficient (Wildman–Crippen LogP) is 1.53. The third-order valence-corrected chi connectivity index (χ3v) is 1.32. The molecular weight excluding hydrogens is 150 g/mol. The number of rotatable bonds is 0. The van der Waals surface area contributed by atoms with E-state index in [-0.39, 0.29) is 23.7 Å². The average Bonchev–Trinajstić information content (AvgIpc) is 1.60. The molecule has 3 N–H and O–H groups in total. The van der Waals surface area contributed by atoms with Crippen LogP contribution < -0.4 is 5.73 Å². The minimum Gasteiger partial charge on any atom is -0.508 e. The summed E-state index contributed by atoms with van der Waals surface area (Å²) in [5.41, 5.74) is 5.33. The van der Waals surface area contributed by atoms with Crippen molar-refractivity contribution in [3.05, 3.63) is 24.0 Å². The van der Waals surface area contributed by atoms with E-state index in [9.17, 15) is 0 Å². The van der Waals surface area contributed by atoms with E-state index < -0.39 is 0 Å². The Morgan fingerprint density at radius 2 is 2.30 bits per heavy atom. The number of nitrogens with two attached hydrogens (primary N) is 1. The molecule has 0 bridgehead atoms. The second-order valence-corrected chi connectivity index (χ2v) is 2.68. The lowest BCUT2D eigenvalue weighted by atomic mass is 9.94. The van der Waals surface area contributed by atoms with Crippen LogP contribution in [0.4, 0.5) is 0 Å². The van der Waals surface area contributed by atoms with Gasteiger partial charge < -0.3 is 10.8 Å². The van der Waals surface area contributed by atoms with Gasteiger partial charge in [-0.1, -0.05) is 6.08 Å². The fourth-order valence-electron chi connectivity index (χ4n) is 0.878. The first-order chi connectivity index (χ1) is 4.10. The Balaban J connectivity index is 0.000000810. The van der Waals surface area contributed by atoms with Crippen molar-refractivity contribution in [1.82, 2.24) is 0 Å². The van der Waals surface area contributed by atoms with E-state index >= 15 is 0 Å². The zero-order valence-corrected chi connectivity index (χ0v) is 6.69. The Morgan fingerprint density at radius 1 is 1.70 bits per heavy atom. The van der Waals surface area contributed by atoms with Gasteiger partial charge in [-0.2, -0.15) is 0 Å². The van der Waals surface area contributed by atoms with Gasteiger partial charge in [0, 0.05) is 5.54 Å². The van der Waals surface area contributed by atoms with Crippen molar-refractivity contribution in [2.24, 2.45) is 5.73 Å². The maximum atomic E-state index is 8.94. The molecule has 0 saturated heterocycles. The molecule has 58 valence electrons. The Morgan fingerprint density at radius 3 is 2.60 bits per heavy atom. The van der Waals surface area contributed by atoms with Gasteiger partial charge in [0.05, 0.1) is 0 Å². The molecule has 0 aliphatic heterocycles. The van der Waals surface area contributed by atoms with Gasteiger partial charge in [0.25, 0.3) is 0 Å².